The summed E-state index contributed by atoms with van der Waals surface area (Å²) in [6, 6.07) is 24.5. The quantitative estimate of drug-likeness (QED) is 0.176. The zero-order valence-corrected chi connectivity index (χ0v) is 14.7. The summed E-state index contributed by atoms with van der Waals surface area (Å²) in [6.07, 6.45) is 0. The molecule has 0 bridgehead atoms. The molecular formula is C18H11AsI. The van der Waals surface area contributed by atoms with Crippen LogP contribution in [-0.2, 0) is 0 Å². The molecule has 0 aromatic heterocycles. The van der Waals surface area contributed by atoms with Crippen molar-refractivity contribution >= 4 is 69.2 Å². The van der Waals surface area contributed by atoms with Gasteiger partial charge >= 0.3 is 136 Å². The van der Waals surface area contributed by atoms with Crippen LogP contribution in [0.15, 0.2) is 66.7 Å². The first-order valence-electron chi connectivity index (χ1n) is 6.53. The van der Waals surface area contributed by atoms with Crippen molar-refractivity contribution < 1.29 is 0 Å². The zero-order chi connectivity index (χ0) is 13.5. The first-order chi connectivity index (χ1) is 9.86. The number of fused-ring (bicyclic) bond motifs is 4. The molecule has 4 aromatic rings. The Balaban J connectivity index is 2.25. The minimum absolute atomic E-state index is 0.204. The van der Waals surface area contributed by atoms with Crippen LogP contribution >= 0.6 is 20.1 Å². The van der Waals surface area contributed by atoms with Crippen molar-refractivity contribution in [1.82, 2.24) is 0 Å². The molecule has 0 fully saturated rings. The third-order valence-electron chi connectivity index (χ3n) is 3.80. The maximum atomic E-state index is 2.55. The Kier molecular flexibility index (Phi) is 3.20. The van der Waals surface area contributed by atoms with E-state index in [2.05, 4.69) is 86.9 Å². The van der Waals surface area contributed by atoms with E-state index in [0.717, 1.165) is 0 Å². The minimum atomic E-state index is 0.204. The Morgan fingerprint density at radius 2 is 1.35 bits per heavy atom. The van der Waals surface area contributed by atoms with Gasteiger partial charge in [0.2, 0.25) is 0 Å². The standard InChI is InChI=1S/C18H11AsI/c20-19-17-7-3-6-12-8-9-15-10-13-4-1-2-5-14(13)11-16(15)18(12)17/h1-11H. The van der Waals surface area contributed by atoms with Crippen molar-refractivity contribution in [2.75, 3.05) is 0 Å². The van der Waals surface area contributed by atoms with E-state index < -0.39 is 0 Å². The fraction of sp³-hybridized carbons (Fsp3) is 0. The normalized spacial score (nSPS) is 12.1. The first kappa shape index (κ1) is 12.7. The van der Waals surface area contributed by atoms with Crippen LogP contribution in [0.2, 0.25) is 0 Å². The average Bonchev–Trinajstić information content (AvgIpc) is 2.52. The molecule has 0 heterocycles. The molecule has 95 valence electrons. The number of hydrogen-bond donors (Lipinski definition) is 0. The summed E-state index contributed by atoms with van der Waals surface area (Å²) in [4.78, 5) is 0. The predicted molar refractivity (Wildman–Crippen MR) is 98.4 cm³/mol. The molecule has 4 aromatic carbocycles. The Morgan fingerprint density at radius 1 is 0.650 bits per heavy atom. The monoisotopic (exact) mass is 429 g/mol. The van der Waals surface area contributed by atoms with Gasteiger partial charge in [-0.25, -0.2) is 0 Å². The zero-order valence-electron chi connectivity index (χ0n) is 10.7. The third-order valence-corrected chi connectivity index (χ3v) is 7.66. The topological polar surface area (TPSA) is 0 Å². The van der Waals surface area contributed by atoms with Crippen molar-refractivity contribution in [2.24, 2.45) is 0 Å². The van der Waals surface area contributed by atoms with Crippen molar-refractivity contribution in [3.63, 3.8) is 0 Å². The Labute approximate surface area is 135 Å². The van der Waals surface area contributed by atoms with E-state index in [0.29, 0.717) is 0 Å². The molecule has 0 saturated heterocycles. The van der Waals surface area contributed by atoms with Gasteiger partial charge in [0.1, 0.15) is 0 Å². The van der Waals surface area contributed by atoms with Gasteiger partial charge in [0.05, 0.1) is 0 Å². The SMILES string of the molecule is I[As]c1cccc2ccc3cc4ccccc4cc3c12. The van der Waals surface area contributed by atoms with Gasteiger partial charge in [-0.1, -0.05) is 0 Å². The summed E-state index contributed by atoms with van der Waals surface area (Å²) in [6.45, 7) is 0. The number of benzene rings is 4. The van der Waals surface area contributed by atoms with Crippen LogP contribution in [0.3, 0.4) is 0 Å². The van der Waals surface area contributed by atoms with E-state index in [4.69, 9.17) is 0 Å². The van der Waals surface area contributed by atoms with Gasteiger partial charge in [-0.05, 0) is 0 Å². The van der Waals surface area contributed by atoms with E-state index in [1.165, 1.54) is 36.7 Å². The van der Waals surface area contributed by atoms with Crippen LogP contribution in [-0.4, -0.2) is 12.4 Å². The number of rotatable bonds is 1. The molecule has 0 amide bonds. The molecule has 0 saturated carbocycles. The van der Waals surface area contributed by atoms with E-state index >= 15 is 0 Å². The molecule has 0 atom stereocenters. The molecule has 0 aliphatic heterocycles. The third kappa shape index (κ3) is 1.96. The van der Waals surface area contributed by atoms with Gasteiger partial charge in [0.25, 0.3) is 0 Å². The van der Waals surface area contributed by atoms with Gasteiger partial charge in [0, 0.05) is 0 Å². The van der Waals surface area contributed by atoms with Gasteiger partial charge < -0.3 is 0 Å². The van der Waals surface area contributed by atoms with Crippen LogP contribution in [0.25, 0.3) is 32.3 Å². The molecule has 1 radical (unpaired) electrons. The van der Waals surface area contributed by atoms with Crippen molar-refractivity contribution in [1.29, 1.82) is 0 Å². The summed E-state index contributed by atoms with van der Waals surface area (Å²) in [5, 5.41) is 8.19. The van der Waals surface area contributed by atoms with E-state index in [-0.39, 0.29) is 12.4 Å². The molecular weight excluding hydrogens is 418 g/mol. The summed E-state index contributed by atoms with van der Waals surface area (Å²) < 4.78 is 1.51. The predicted octanol–water partition coefficient (Wildman–Crippen LogP) is 4.83. The van der Waals surface area contributed by atoms with Crippen molar-refractivity contribution in [2.45, 2.75) is 0 Å². The van der Waals surface area contributed by atoms with Crippen molar-refractivity contribution in [3.05, 3.63) is 66.7 Å². The Hall–Kier alpha value is -1.05. The van der Waals surface area contributed by atoms with Gasteiger partial charge in [-0.2, -0.15) is 0 Å². The van der Waals surface area contributed by atoms with Crippen LogP contribution in [0.4, 0.5) is 0 Å². The second-order valence-electron chi connectivity index (χ2n) is 4.95. The van der Waals surface area contributed by atoms with Gasteiger partial charge in [-0.3, -0.25) is 0 Å². The molecule has 0 aliphatic rings. The molecule has 2 heteroatoms. The van der Waals surface area contributed by atoms with E-state index in [1.54, 1.807) is 0 Å². The van der Waals surface area contributed by atoms with Crippen LogP contribution in [0.5, 0.6) is 0 Å². The summed E-state index contributed by atoms with van der Waals surface area (Å²) in [5.74, 6) is 0. The summed E-state index contributed by atoms with van der Waals surface area (Å²) in [5.41, 5.74) is 0. The second-order valence-corrected chi connectivity index (χ2v) is 8.82. The number of halogens is 1. The Morgan fingerprint density at radius 3 is 2.15 bits per heavy atom. The molecule has 0 N–H and O–H groups in total. The van der Waals surface area contributed by atoms with Crippen LogP contribution in [0, 0.1) is 0 Å². The average molecular weight is 429 g/mol. The van der Waals surface area contributed by atoms with Gasteiger partial charge in [0.15, 0.2) is 0 Å². The van der Waals surface area contributed by atoms with E-state index in [1.807, 2.05) is 0 Å². The molecule has 0 unspecified atom stereocenters. The second kappa shape index (κ2) is 5.05. The van der Waals surface area contributed by atoms with Gasteiger partial charge in [-0.15, -0.1) is 0 Å². The molecule has 4 rings (SSSR count). The van der Waals surface area contributed by atoms with Crippen LogP contribution < -0.4 is 4.35 Å². The maximum absolute atomic E-state index is 2.55. The molecule has 0 nitrogen and oxygen atoms in total. The summed E-state index contributed by atoms with van der Waals surface area (Å²) >= 11 is 2.75. The Bertz CT molecular complexity index is 944. The summed E-state index contributed by atoms with van der Waals surface area (Å²) in [7, 11) is 0. The van der Waals surface area contributed by atoms with Crippen LogP contribution in [0.1, 0.15) is 0 Å². The number of hydrogen-bond acceptors (Lipinski definition) is 0. The molecule has 0 spiro atoms. The van der Waals surface area contributed by atoms with E-state index in [9.17, 15) is 0 Å². The van der Waals surface area contributed by atoms with Crippen molar-refractivity contribution in [3.8, 4) is 0 Å². The molecule has 0 aliphatic carbocycles. The first-order valence-corrected chi connectivity index (χ1v) is 13.2. The molecule has 20 heavy (non-hydrogen) atoms. The fourth-order valence-electron chi connectivity index (χ4n) is 2.85. The fourth-order valence-corrected chi connectivity index (χ4v) is 5.94.